The van der Waals surface area contributed by atoms with Gasteiger partial charge in [-0.2, -0.15) is 5.10 Å². The van der Waals surface area contributed by atoms with Crippen molar-refractivity contribution in [3.05, 3.63) is 78.2 Å². The van der Waals surface area contributed by atoms with Gasteiger partial charge in [0.1, 0.15) is 0 Å². The molecule has 0 bridgehead atoms. The predicted octanol–water partition coefficient (Wildman–Crippen LogP) is 3.09. The zero-order chi connectivity index (χ0) is 16.6. The zero-order valence-electron chi connectivity index (χ0n) is 13.4. The molecule has 5 nitrogen and oxygen atoms in total. The van der Waals surface area contributed by atoms with Crippen LogP contribution in [0.15, 0.2) is 67.0 Å². The fraction of sp³-hybridized carbons (Fsp3) is 0.211. The number of hydrogen-bond donors (Lipinski definition) is 1. The highest BCUT2D eigenvalue weighted by atomic mass is 16.1. The summed E-state index contributed by atoms with van der Waals surface area (Å²) >= 11 is 0. The maximum atomic E-state index is 12.0. The Morgan fingerprint density at radius 3 is 2.62 bits per heavy atom. The highest BCUT2D eigenvalue weighted by Crippen LogP contribution is 2.07. The number of rotatable bonds is 7. The molecule has 1 amide bonds. The summed E-state index contributed by atoms with van der Waals surface area (Å²) < 4.78 is 1.82. The van der Waals surface area contributed by atoms with Gasteiger partial charge in [-0.1, -0.05) is 36.4 Å². The van der Waals surface area contributed by atoms with Crippen molar-refractivity contribution in [3.8, 4) is 0 Å². The van der Waals surface area contributed by atoms with E-state index in [2.05, 4.69) is 15.4 Å². The number of nitrogens with one attached hydrogen (secondary N) is 1. The third kappa shape index (κ3) is 4.78. The Kier molecular flexibility index (Phi) is 5.35. The first-order valence-corrected chi connectivity index (χ1v) is 8.07. The van der Waals surface area contributed by atoms with Gasteiger partial charge in [0, 0.05) is 43.5 Å². The zero-order valence-corrected chi connectivity index (χ0v) is 13.4. The lowest BCUT2D eigenvalue weighted by Gasteiger charge is -2.03. The molecule has 0 aliphatic rings. The number of pyridine rings is 1. The number of aryl methyl sites for hydroxylation is 3. The minimum absolute atomic E-state index is 0.0196. The van der Waals surface area contributed by atoms with E-state index in [0.29, 0.717) is 12.2 Å². The average molecular weight is 320 g/mol. The number of carbonyl (C=O) groups excluding carboxylic acids is 1. The van der Waals surface area contributed by atoms with Crippen LogP contribution in [0, 0.1) is 0 Å². The molecular weight excluding hydrogens is 300 g/mol. The quantitative estimate of drug-likeness (QED) is 0.728. The number of aromatic nitrogens is 3. The second kappa shape index (κ2) is 8.06. The molecular formula is C19H20N4O. The van der Waals surface area contributed by atoms with Gasteiger partial charge >= 0.3 is 0 Å². The van der Waals surface area contributed by atoms with Gasteiger partial charge < -0.3 is 5.32 Å². The third-order valence-electron chi connectivity index (χ3n) is 3.71. The second-order valence-corrected chi connectivity index (χ2v) is 5.57. The van der Waals surface area contributed by atoms with Crippen molar-refractivity contribution in [1.29, 1.82) is 0 Å². The average Bonchev–Trinajstić information content (AvgIpc) is 3.07. The molecule has 0 fully saturated rings. The second-order valence-electron chi connectivity index (χ2n) is 5.57. The van der Waals surface area contributed by atoms with Crippen molar-refractivity contribution in [1.82, 2.24) is 14.8 Å². The molecule has 1 N–H and O–H groups in total. The first-order valence-electron chi connectivity index (χ1n) is 8.07. The molecule has 0 aliphatic carbocycles. The van der Waals surface area contributed by atoms with E-state index >= 15 is 0 Å². The van der Waals surface area contributed by atoms with Crippen LogP contribution in [0.4, 0.5) is 5.82 Å². The molecule has 0 saturated heterocycles. The number of benzene rings is 1. The van der Waals surface area contributed by atoms with E-state index in [1.807, 2.05) is 65.5 Å². The van der Waals surface area contributed by atoms with Crippen molar-refractivity contribution in [2.45, 2.75) is 25.8 Å². The summed E-state index contributed by atoms with van der Waals surface area (Å²) in [5, 5.41) is 7.22. The van der Waals surface area contributed by atoms with Crippen molar-refractivity contribution >= 4 is 11.7 Å². The lowest BCUT2D eigenvalue weighted by molar-refractivity contribution is -0.116. The van der Waals surface area contributed by atoms with E-state index in [0.717, 1.165) is 30.6 Å². The summed E-state index contributed by atoms with van der Waals surface area (Å²) in [6.07, 6.45) is 5.65. The fourth-order valence-corrected chi connectivity index (χ4v) is 2.44. The van der Waals surface area contributed by atoms with Crippen LogP contribution in [0.5, 0.6) is 0 Å². The van der Waals surface area contributed by atoms with Gasteiger partial charge in [-0.05, 0) is 24.1 Å². The molecule has 3 rings (SSSR count). The fourth-order valence-electron chi connectivity index (χ4n) is 2.44. The largest absolute Gasteiger partial charge is 0.309 e. The van der Waals surface area contributed by atoms with Crippen molar-refractivity contribution in [2.24, 2.45) is 0 Å². The molecule has 0 spiro atoms. The Labute approximate surface area is 141 Å². The Balaban J connectivity index is 1.46. The highest BCUT2D eigenvalue weighted by molar-refractivity contribution is 5.89. The van der Waals surface area contributed by atoms with Crippen LogP contribution in [0.1, 0.15) is 17.7 Å². The molecule has 0 saturated carbocycles. The molecule has 5 heteroatoms. The van der Waals surface area contributed by atoms with Crippen molar-refractivity contribution in [3.63, 3.8) is 0 Å². The Morgan fingerprint density at radius 1 is 1.00 bits per heavy atom. The molecule has 3 aromatic rings. The Hall–Kier alpha value is -2.95. The molecule has 122 valence electrons. The maximum absolute atomic E-state index is 12.0. The Morgan fingerprint density at radius 2 is 1.83 bits per heavy atom. The van der Waals surface area contributed by atoms with Gasteiger partial charge in [-0.15, -0.1) is 0 Å². The minimum atomic E-state index is -0.0196. The SMILES string of the molecule is O=C(CCc1ccccc1)Nc1ccn(CCc2ccccn2)n1. The van der Waals surface area contributed by atoms with E-state index in [1.165, 1.54) is 0 Å². The van der Waals surface area contributed by atoms with Gasteiger partial charge in [0.2, 0.25) is 5.91 Å². The monoisotopic (exact) mass is 320 g/mol. The topological polar surface area (TPSA) is 59.8 Å². The van der Waals surface area contributed by atoms with E-state index in [4.69, 9.17) is 0 Å². The summed E-state index contributed by atoms with van der Waals surface area (Å²) in [7, 11) is 0. The van der Waals surface area contributed by atoms with Crippen molar-refractivity contribution < 1.29 is 4.79 Å². The highest BCUT2D eigenvalue weighted by Gasteiger charge is 2.06. The number of hydrogen-bond acceptors (Lipinski definition) is 3. The minimum Gasteiger partial charge on any atom is -0.309 e. The van der Waals surface area contributed by atoms with Gasteiger partial charge in [-0.3, -0.25) is 14.5 Å². The summed E-state index contributed by atoms with van der Waals surface area (Å²) in [5.74, 6) is 0.572. The molecule has 24 heavy (non-hydrogen) atoms. The lowest BCUT2D eigenvalue weighted by Crippen LogP contribution is -2.13. The normalized spacial score (nSPS) is 10.5. The molecule has 0 radical (unpaired) electrons. The molecule has 0 aliphatic heterocycles. The number of anilines is 1. The van der Waals surface area contributed by atoms with Crippen LogP contribution < -0.4 is 5.32 Å². The summed E-state index contributed by atoms with van der Waals surface area (Å²) in [5.41, 5.74) is 2.19. The number of carbonyl (C=O) groups is 1. The molecule has 1 aromatic carbocycles. The summed E-state index contributed by atoms with van der Waals surface area (Å²) in [4.78, 5) is 16.3. The van der Waals surface area contributed by atoms with Gasteiger partial charge in [0.15, 0.2) is 5.82 Å². The first-order chi connectivity index (χ1) is 11.8. The standard InChI is InChI=1S/C19H20N4O/c24-19(10-9-16-6-2-1-3-7-16)21-18-12-15-23(22-18)14-11-17-8-4-5-13-20-17/h1-8,12-13,15H,9-11,14H2,(H,21,22,24). The first kappa shape index (κ1) is 15.9. The van der Waals surface area contributed by atoms with E-state index < -0.39 is 0 Å². The van der Waals surface area contributed by atoms with Crippen LogP contribution in [0.25, 0.3) is 0 Å². The lowest BCUT2D eigenvalue weighted by atomic mass is 10.1. The maximum Gasteiger partial charge on any atom is 0.225 e. The summed E-state index contributed by atoms with van der Waals surface area (Å²) in [6.45, 7) is 0.733. The van der Waals surface area contributed by atoms with Crippen LogP contribution in [-0.2, 0) is 24.2 Å². The summed E-state index contributed by atoms with van der Waals surface area (Å²) in [6, 6.07) is 17.7. The Bertz CT molecular complexity index is 768. The van der Waals surface area contributed by atoms with Gasteiger partial charge in [0.05, 0.1) is 0 Å². The van der Waals surface area contributed by atoms with Crippen LogP contribution in [0.3, 0.4) is 0 Å². The van der Waals surface area contributed by atoms with Crippen LogP contribution in [-0.4, -0.2) is 20.7 Å². The van der Waals surface area contributed by atoms with Crippen molar-refractivity contribution in [2.75, 3.05) is 5.32 Å². The molecule has 2 heterocycles. The number of nitrogens with zero attached hydrogens (tertiary/aromatic N) is 3. The van der Waals surface area contributed by atoms with E-state index in [9.17, 15) is 4.79 Å². The molecule has 2 aromatic heterocycles. The number of amides is 1. The smallest absolute Gasteiger partial charge is 0.225 e. The molecule has 0 atom stereocenters. The van der Waals surface area contributed by atoms with E-state index in [-0.39, 0.29) is 5.91 Å². The van der Waals surface area contributed by atoms with Crippen LogP contribution >= 0.6 is 0 Å². The predicted molar refractivity (Wildman–Crippen MR) is 93.6 cm³/mol. The van der Waals surface area contributed by atoms with Gasteiger partial charge in [0.25, 0.3) is 0 Å². The van der Waals surface area contributed by atoms with E-state index in [1.54, 1.807) is 6.20 Å². The molecule has 0 unspecified atom stereocenters. The third-order valence-corrected chi connectivity index (χ3v) is 3.71. The van der Waals surface area contributed by atoms with Gasteiger partial charge in [-0.25, -0.2) is 0 Å². The van der Waals surface area contributed by atoms with Crippen LogP contribution in [0.2, 0.25) is 0 Å².